The van der Waals surface area contributed by atoms with Gasteiger partial charge in [-0.05, 0) is 26.3 Å². The van der Waals surface area contributed by atoms with Crippen LogP contribution in [0.4, 0.5) is 0 Å². The van der Waals surface area contributed by atoms with E-state index in [0.29, 0.717) is 5.92 Å². The summed E-state index contributed by atoms with van der Waals surface area (Å²) < 4.78 is 0. The van der Waals surface area contributed by atoms with Gasteiger partial charge in [-0.15, -0.1) is 0 Å². The fourth-order valence-corrected chi connectivity index (χ4v) is 2.42. The van der Waals surface area contributed by atoms with E-state index in [-0.39, 0.29) is 0 Å². The summed E-state index contributed by atoms with van der Waals surface area (Å²) in [6.07, 6.45) is 7.69. The summed E-state index contributed by atoms with van der Waals surface area (Å²) in [6, 6.07) is 0. The molecule has 3 rings (SSSR count). The van der Waals surface area contributed by atoms with Gasteiger partial charge in [0.15, 0.2) is 0 Å². The fourth-order valence-electron chi connectivity index (χ4n) is 2.42. The molecule has 1 atom stereocenters. The number of hydrogen-bond donors (Lipinski definition) is 2. The number of nitrogens with zero attached hydrogens (tertiary/aromatic N) is 3. The van der Waals surface area contributed by atoms with Crippen LogP contribution in [-0.4, -0.2) is 33.0 Å². The Morgan fingerprint density at radius 3 is 2.89 bits per heavy atom. The van der Waals surface area contributed by atoms with Crippen molar-refractivity contribution in [2.24, 2.45) is 0 Å². The molecule has 2 aromatic heterocycles. The van der Waals surface area contributed by atoms with Gasteiger partial charge in [-0.3, -0.25) is 9.97 Å². The molecule has 0 aromatic carbocycles. The minimum atomic E-state index is 0.490. The van der Waals surface area contributed by atoms with Crippen LogP contribution in [-0.2, 0) is 0 Å². The standard InChI is InChI=1S/C13H17N5/c1-9-12(16-6-5-15-9)11-8-17-13(18-11)10-3-2-4-14-7-10/h5-6,8,10,14H,2-4,7H2,1H3,(H,17,18). The minimum Gasteiger partial charge on any atom is -0.340 e. The van der Waals surface area contributed by atoms with E-state index in [2.05, 4.69) is 25.3 Å². The zero-order valence-electron chi connectivity index (χ0n) is 10.5. The lowest BCUT2D eigenvalue weighted by atomic mass is 9.99. The largest absolute Gasteiger partial charge is 0.340 e. The molecule has 2 N–H and O–H groups in total. The van der Waals surface area contributed by atoms with Crippen molar-refractivity contribution in [3.63, 3.8) is 0 Å². The molecule has 0 amide bonds. The summed E-state index contributed by atoms with van der Waals surface area (Å²) in [4.78, 5) is 16.5. The Balaban J connectivity index is 1.87. The molecule has 1 unspecified atom stereocenters. The quantitative estimate of drug-likeness (QED) is 0.841. The molecule has 0 saturated carbocycles. The van der Waals surface area contributed by atoms with Gasteiger partial charge in [0, 0.05) is 24.9 Å². The third-order valence-electron chi connectivity index (χ3n) is 3.42. The zero-order valence-corrected chi connectivity index (χ0v) is 10.5. The van der Waals surface area contributed by atoms with Crippen molar-refractivity contribution in [2.45, 2.75) is 25.7 Å². The summed E-state index contributed by atoms with van der Waals surface area (Å²) in [5, 5.41) is 3.41. The molecule has 18 heavy (non-hydrogen) atoms. The normalized spacial score (nSPS) is 19.9. The molecule has 1 saturated heterocycles. The Morgan fingerprint density at radius 2 is 2.11 bits per heavy atom. The van der Waals surface area contributed by atoms with Crippen molar-refractivity contribution in [1.82, 2.24) is 25.3 Å². The summed E-state index contributed by atoms with van der Waals surface area (Å²) in [5.41, 5.74) is 2.77. The molecular formula is C13H17N5. The molecule has 0 radical (unpaired) electrons. The Morgan fingerprint density at radius 1 is 1.22 bits per heavy atom. The Labute approximate surface area is 106 Å². The summed E-state index contributed by atoms with van der Waals surface area (Å²) in [7, 11) is 0. The van der Waals surface area contributed by atoms with Crippen LogP contribution in [0.1, 0.15) is 30.3 Å². The van der Waals surface area contributed by atoms with Crippen molar-refractivity contribution < 1.29 is 0 Å². The molecule has 1 fully saturated rings. The highest BCUT2D eigenvalue weighted by Gasteiger charge is 2.18. The first kappa shape index (κ1) is 11.3. The molecular weight excluding hydrogens is 226 g/mol. The summed E-state index contributed by atoms with van der Waals surface area (Å²) in [5.74, 6) is 1.55. The number of H-pyrrole nitrogens is 1. The third-order valence-corrected chi connectivity index (χ3v) is 3.42. The second-order valence-corrected chi connectivity index (χ2v) is 4.72. The Hall–Kier alpha value is -1.75. The van der Waals surface area contributed by atoms with Crippen molar-refractivity contribution >= 4 is 0 Å². The number of nitrogens with one attached hydrogen (secondary N) is 2. The topological polar surface area (TPSA) is 66.5 Å². The average Bonchev–Trinajstić information content (AvgIpc) is 2.90. The number of aryl methyl sites for hydroxylation is 1. The number of hydrogen-bond acceptors (Lipinski definition) is 4. The van der Waals surface area contributed by atoms with Crippen molar-refractivity contribution in [3.8, 4) is 11.4 Å². The van der Waals surface area contributed by atoms with Gasteiger partial charge in [0.2, 0.25) is 0 Å². The maximum atomic E-state index is 4.49. The van der Waals surface area contributed by atoms with Crippen LogP contribution in [0.2, 0.25) is 0 Å². The van der Waals surface area contributed by atoms with Crippen molar-refractivity contribution in [2.75, 3.05) is 13.1 Å². The molecule has 0 spiro atoms. The van der Waals surface area contributed by atoms with E-state index in [0.717, 1.165) is 36.0 Å². The molecule has 2 aromatic rings. The number of aromatic nitrogens is 4. The predicted molar refractivity (Wildman–Crippen MR) is 69.2 cm³/mol. The van der Waals surface area contributed by atoms with Crippen LogP contribution in [0.5, 0.6) is 0 Å². The number of imidazole rings is 1. The van der Waals surface area contributed by atoms with E-state index in [1.165, 1.54) is 12.8 Å². The predicted octanol–water partition coefficient (Wildman–Crippen LogP) is 1.64. The molecule has 0 bridgehead atoms. The highest BCUT2D eigenvalue weighted by Crippen LogP contribution is 2.23. The van der Waals surface area contributed by atoms with Gasteiger partial charge in [0.1, 0.15) is 11.5 Å². The number of rotatable bonds is 2. The lowest BCUT2D eigenvalue weighted by Crippen LogP contribution is -2.28. The molecule has 0 aliphatic carbocycles. The monoisotopic (exact) mass is 243 g/mol. The first-order valence-electron chi connectivity index (χ1n) is 6.38. The second-order valence-electron chi connectivity index (χ2n) is 4.72. The molecule has 5 nitrogen and oxygen atoms in total. The highest BCUT2D eigenvalue weighted by molar-refractivity contribution is 5.55. The maximum Gasteiger partial charge on any atom is 0.110 e. The SMILES string of the molecule is Cc1nccnc1-c1cnc(C2CCCNC2)[nH]1. The van der Waals surface area contributed by atoms with Crippen molar-refractivity contribution in [3.05, 3.63) is 30.1 Å². The van der Waals surface area contributed by atoms with Gasteiger partial charge < -0.3 is 10.3 Å². The van der Waals surface area contributed by atoms with Gasteiger partial charge in [-0.25, -0.2) is 4.98 Å². The van der Waals surface area contributed by atoms with Crippen LogP contribution >= 0.6 is 0 Å². The minimum absolute atomic E-state index is 0.490. The second kappa shape index (κ2) is 4.86. The van der Waals surface area contributed by atoms with Gasteiger partial charge in [0.05, 0.1) is 17.6 Å². The first-order chi connectivity index (χ1) is 8.84. The first-order valence-corrected chi connectivity index (χ1v) is 6.38. The van der Waals surface area contributed by atoms with E-state index in [4.69, 9.17) is 0 Å². The highest BCUT2D eigenvalue weighted by atomic mass is 15.0. The van der Waals surface area contributed by atoms with Gasteiger partial charge in [0.25, 0.3) is 0 Å². The van der Waals surface area contributed by atoms with E-state index in [1.807, 2.05) is 13.1 Å². The molecule has 5 heteroatoms. The molecule has 94 valence electrons. The van der Waals surface area contributed by atoms with Crippen molar-refractivity contribution in [1.29, 1.82) is 0 Å². The van der Waals surface area contributed by atoms with Crippen LogP contribution in [0.25, 0.3) is 11.4 Å². The fraction of sp³-hybridized carbons (Fsp3) is 0.462. The van der Waals surface area contributed by atoms with E-state index in [9.17, 15) is 0 Å². The van der Waals surface area contributed by atoms with Crippen LogP contribution in [0, 0.1) is 6.92 Å². The van der Waals surface area contributed by atoms with E-state index in [1.54, 1.807) is 12.4 Å². The van der Waals surface area contributed by atoms with Crippen LogP contribution in [0.15, 0.2) is 18.6 Å². The summed E-state index contributed by atoms with van der Waals surface area (Å²) >= 11 is 0. The van der Waals surface area contributed by atoms with Gasteiger partial charge in [-0.1, -0.05) is 0 Å². The smallest absolute Gasteiger partial charge is 0.110 e. The Bertz CT molecular complexity index is 528. The molecule has 3 heterocycles. The maximum absolute atomic E-state index is 4.49. The average molecular weight is 243 g/mol. The zero-order chi connectivity index (χ0) is 12.4. The van der Waals surface area contributed by atoms with Crippen LogP contribution < -0.4 is 5.32 Å². The number of aromatic amines is 1. The third kappa shape index (κ3) is 2.13. The van der Waals surface area contributed by atoms with E-state index < -0.39 is 0 Å². The lowest BCUT2D eigenvalue weighted by Gasteiger charge is -2.20. The molecule has 1 aliphatic heterocycles. The lowest BCUT2D eigenvalue weighted by molar-refractivity contribution is 0.449. The summed E-state index contributed by atoms with van der Waals surface area (Å²) in [6.45, 7) is 4.09. The Kier molecular flexibility index (Phi) is 3.06. The van der Waals surface area contributed by atoms with Crippen LogP contribution in [0.3, 0.4) is 0 Å². The van der Waals surface area contributed by atoms with Gasteiger partial charge in [-0.2, -0.15) is 0 Å². The number of piperidine rings is 1. The molecule has 1 aliphatic rings. The van der Waals surface area contributed by atoms with Gasteiger partial charge >= 0.3 is 0 Å². The van der Waals surface area contributed by atoms with E-state index >= 15 is 0 Å².